The van der Waals surface area contributed by atoms with E-state index in [0.717, 1.165) is 16.8 Å². The summed E-state index contributed by atoms with van der Waals surface area (Å²) >= 11 is 11.9. The number of amides is 1. The maximum Gasteiger partial charge on any atom is 0.240 e. The van der Waals surface area contributed by atoms with Gasteiger partial charge in [-0.2, -0.15) is 5.10 Å². The van der Waals surface area contributed by atoms with E-state index < -0.39 is 0 Å². The minimum atomic E-state index is -0.0968. The first-order valence-corrected chi connectivity index (χ1v) is 7.69. The van der Waals surface area contributed by atoms with Crippen LogP contribution in [0.5, 0.6) is 0 Å². The lowest BCUT2D eigenvalue weighted by Crippen LogP contribution is -2.24. The Morgan fingerprint density at radius 3 is 2.14 bits per heavy atom. The molecule has 5 heteroatoms. The molecule has 0 aliphatic carbocycles. The molecule has 22 heavy (non-hydrogen) atoms. The predicted octanol–water partition coefficient (Wildman–Crippen LogP) is 4.69. The Labute approximate surface area is 139 Å². The van der Waals surface area contributed by atoms with E-state index in [2.05, 4.69) is 5.10 Å². The van der Waals surface area contributed by atoms with E-state index in [9.17, 15) is 4.79 Å². The second kappa shape index (κ2) is 6.11. The van der Waals surface area contributed by atoms with E-state index in [1.807, 2.05) is 48.5 Å². The molecule has 1 heterocycles. The first-order valence-electron chi connectivity index (χ1n) is 6.93. The van der Waals surface area contributed by atoms with Crippen LogP contribution in [-0.4, -0.2) is 16.6 Å². The van der Waals surface area contributed by atoms with Crippen LogP contribution in [-0.2, 0) is 4.79 Å². The van der Waals surface area contributed by atoms with Crippen LogP contribution in [0.2, 0.25) is 10.0 Å². The third-order valence-electron chi connectivity index (χ3n) is 3.67. The van der Waals surface area contributed by atoms with E-state index in [1.54, 1.807) is 0 Å². The van der Waals surface area contributed by atoms with Gasteiger partial charge in [0.05, 0.1) is 11.8 Å². The molecule has 3 rings (SSSR count). The number of hydrogen-bond acceptors (Lipinski definition) is 2. The van der Waals surface area contributed by atoms with Gasteiger partial charge < -0.3 is 0 Å². The van der Waals surface area contributed by atoms with Crippen LogP contribution >= 0.6 is 23.2 Å². The van der Waals surface area contributed by atoms with Gasteiger partial charge >= 0.3 is 0 Å². The highest BCUT2D eigenvalue weighted by atomic mass is 35.5. The molecular formula is C17H14Cl2N2O. The first kappa shape index (κ1) is 15.1. The van der Waals surface area contributed by atoms with Crippen LogP contribution < -0.4 is 0 Å². The summed E-state index contributed by atoms with van der Waals surface area (Å²) in [6, 6.07) is 14.9. The van der Waals surface area contributed by atoms with Crippen molar-refractivity contribution in [2.45, 2.75) is 19.4 Å². The summed E-state index contributed by atoms with van der Waals surface area (Å²) in [5, 5.41) is 7.38. The zero-order chi connectivity index (χ0) is 15.7. The summed E-state index contributed by atoms with van der Waals surface area (Å²) in [6.07, 6.45) is 0.669. The van der Waals surface area contributed by atoms with E-state index >= 15 is 0 Å². The molecule has 0 saturated heterocycles. The molecule has 1 atom stereocenters. The molecule has 1 aliphatic heterocycles. The highest BCUT2D eigenvalue weighted by Crippen LogP contribution is 2.33. The molecule has 0 radical (unpaired) electrons. The number of hydrazone groups is 1. The molecule has 0 saturated carbocycles. The van der Waals surface area contributed by atoms with Crippen molar-refractivity contribution in [3.63, 3.8) is 0 Å². The molecule has 2 aromatic carbocycles. The van der Waals surface area contributed by atoms with Crippen LogP contribution in [0.15, 0.2) is 53.6 Å². The first-order chi connectivity index (χ1) is 10.5. The van der Waals surface area contributed by atoms with Gasteiger partial charge in [-0.25, -0.2) is 5.01 Å². The molecule has 1 amide bonds. The molecule has 0 aromatic heterocycles. The van der Waals surface area contributed by atoms with E-state index in [0.29, 0.717) is 16.5 Å². The molecule has 0 bridgehead atoms. The number of benzene rings is 2. The standard InChI is InChI=1S/C17H14Cl2N2O/c1-11(22)21-17(13-4-8-15(19)9-5-13)10-16(20-21)12-2-6-14(18)7-3-12/h2-9,17H,10H2,1H3/t17-/m0/s1. The Morgan fingerprint density at radius 1 is 1.05 bits per heavy atom. The summed E-state index contributed by atoms with van der Waals surface area (Å²) in [5.74, 6) is -0.0797. The summed E-state index contributed by atoms with van der Waals surface area (Å²) in [4.78, 5) is 11.9. The summed E-state index contributed by atoms with van der Waals surface area (Å²) in [7, 11) is 0. The average Bonchev–Trinajstić information content (AvgIpc) is 2.94. The monoisotopic (exact) mass is 332 g/mol. The Kier molecular flexibility index (Phi) is 4.19. The van der Waals surface area contributed by atoms with Gasteiger partial charge in [-0.05, 0) is 35.4 Å². The second-order valence-electron chi connectivity index (χ2n) is 5.19. The zero-order valence-corrected chi connectivity index (χ0v) is 13.5. The van der Waals surface area contributed by atoms with E-state index in [1.165, 1.54) is 11.9 Å². The topological polar surface area (TPSA) is 32.7 Å². The zero-order valence-electron chi connectivity index (χ0n) is 12.0. The van der Waals surface area contributed by atoms with Gasteiger partial charge in [-0.1, -0.05) is 47.5 Å². The van der Waals surface area contributed by atoms with E-state index in [4.69, 9.17) is 23.2 Å². The average molecular weight is 333 g/mol. The van der Waals surface area contributed by atoms with Crippen molar-refractivity contribution in [2.24, 2.45) is 5.10 Å². The minimum absolute atomic E-state index is 0.0797. The molecule has 0 N–H and O–H groups in total. The lowest BCUT2D eigenvalue weighted by atomic mass is 9.98. The molecular weight excluding hydrogens is 319 g/mol. The Bertz CT molecular complexity index is 723. The van der Waals surface area contributed by atoms with Crippen molar-refractivity contribution in [2.75, 3.05) is 0 Å². The number of rotatable bonds is 2. The quantitative estimate of drug-likeness (QED) is 0.785. The van der Waals surface area contributed by atoms with Crippen LogP contribution in [0.1, 0.15) is 30.5 Å². The molecule has 0 spiro atoms. The SMILES string of the molecule is CC(=O)N1N=C(c2ccc(Cl)cc2)C[C@H]1c1ccc(Cl)cc1. The number of nitrogens with zero attached hydrogens (tertiary/aromatic N) is 2. The van der Waals surface area contributed by atoms with Crippen LogP contribution in [0, 0.1) is 0 Å². The van der Waals surface area contributed by atoms with Crippen molar-refractivity contribution in [1.29, 1.82) is 0 Å². The lowest BCUT2D eigenvalue weighted by Gasteiger charge is -2.20. The van der Waals surface area contributed by atoms with Crippen LogP contribution in [0.25, 0.3) is 0 Å². The number of carbonyl (C=O) groups excluding carboxylic acids is 1. The van der Waals surface area contributed by atoms with Crippen LogP contribution in [0.4, 0.5) is 0 Å². The van der Waals surface area contributed by atoms with E-state index in [-0.39, 0.29) is 11.9 Å². The minimum Gasteiger partial charge on any atom is -0.273 e. The highest BCUT2D eigenvalue weighted by molar-refractivity contribution is 6.31. The Morgan fingerprint density at radius 2 is 1.59 bits per heavy atom. The van der Waals surface area contributed by atoms with Crippen molar-refractivity contribution in [3.05, 3.63) is 69.7 Å². The Balaban J connectivity index is 1.92. The third kappa shape index (κ3) is 3.01. The fraction of sp³-hybridized carbons (Fsp3) is 0.176. The van der Waals surface area contributed by atoms with Crippen LogP contribution in [0.3, 0.4) is 0 Å². The van der Waals surface area contributed by atoms with Gasteiger partial charge in [-0.3, -0.25) is 4.79 Å². The number of carbonyl (C=O) groups is 1. The normalized spacial score (nSPS) is 17.5. The smallest absolute Gasteiger partial charge is 0.240 e. The van der Waals surface area contributed by atoms with Gasteiger partial charge in [0.1, 0.15) is 0 Å². The van der Waals surface area contributed by atoms with Crippen molar-refractivity contribution in [3.8, 4) is 0 Å². The largest absolute Gasteiger partial charge is 0.273 e. The number of halogens is 2. The summed E-state index contributed by atoms with van der Waals surface area (Å²) < 4.78 is 0. The van der Waals surface area contributed by atoms with Crippen molar-refractivity contribution < 1.29 is 4.79 Å². The van der Waals surface area contributed by atoms with Gasteiger partial charge in [-0.15, -0.1) is 0 Å². The summed E-state index contributed by atoms with van der Waals surface area (Å²) in [5.41, 5.74) is 2.88. The van der Waals surface area contributed by atoms with Gasteiger partial charge in [0.2, 0.25) is 5.91 Å². The predicted molar refractivity (Wildman–Crippen MR) is 89.3 cm³/mol. The van der Waals surface area contributed by atoms with Gasteiger partial charge in [0.25, 0.3) is 0 Å². The number of hydrogen-bond donors (Lipinski definition) is 0. The molecule has 112 valence electrons. The fourth-order valence-electron chi connectivity index (χ4n) is 2.56. The third-order valence-corrected chi connectivity index (χ3v) is 4.17. The fourth-order valence-corrected chi connectivity index (χ4v) is 2.81. The van der Waals surface area contributed by atoms with Gasteiger partial charge in [0.15, 0.2) is 0 Å². The molecule has 2 aromatic rings. The summed E-state index contributed by atoms with van der Waals surface area (Å²) in [6.45, 7) is 1.53. The molecule has 0 unspecified atom stereocenters. The second-order valence-corrected chi connectivity index (χ2v) is 6.06. The molecule has 0 fully saturated rings. The Hall–Kier alpha value is -1.84. The van der Waals surface area contributed by atoms with Crippen molar-refractivity contribution >= 4 is 34.8 Å². The van der Waals surface area contributed by atoms with Crippen molar-refractivity contribution in [1.82, 2.24) is 5.01 Å². The highest BCUT2D eigenvalue weighted by Gasteiger charge is 2.31. The lowest BCUT2D eigenvalue weighted by molar-refractivity contribution is -0.130. The molecule has 1 aliphatic rings. The molecule has 3 nitrogen and oxygen atoms in total. The maximum atomic E-state index is 11.9. The van der Waals surface area contributed by atoms with Gasteiger partial charge in [0, 0.05) is 23.4 Å². The maximum absolute atomic E-state index is 11.9.